The fourth-order valence-corrected chi connectivity index (χ4v) is 5.07. The second-order valence-corrected chi connectivity index (χ2v) is 9.25. The molecule has 0 unspecified atom stereocenters. The number of rotatable bonds is 4. The lowest BCUT2D eigenvalue weighted by atomic mass is 9.90. The third kappa shape index (κ3) is 6.16. The molecule has 1 saturated heterocycles. The molecule has 2 aliphatic rings. The molecule has 1 heterocycles. The maximum atomic E-state index is 13.2. The van der Waals surface area contributed by atoms with Crippen LogP contribution in [0.5, 0.6) is 0 Å². The predicted octanol–water partition coefficient (Wildman–Crippen LogP) is 6.54. The molecule has 34 heavy (non-hydrogen) atoms. The van der Waals surface area contributed by atoms with Crippen molar-refractivity contribution < 1.29 is 9.59 Å². The Morgan fingerprint density at radius 2 is 1.44 bits per heavy atom. The van der Waals surface area contributed by atoms with E-state index in [2.05, 4.69) is 30.8 Å². The van der Waals surface area contributed by atoms with Crippen LogP contribution in [-0.4, -0.2) is 47.3 Å². The van der Waals surface area contributed by atoms with Crippen molar-refractivity contribution >= 4 is 17.4 Å². The van der Waals surface area contributed by atoms with E-state index in [1.807, 2.05) is 60.9 Å². The molecule has 1 atom stereocenters. The van der Waals surface area contributed by atoms with Crippen molar-refractivity contribution in [2.24, 2.45) is 0 Å². The topological polar surface area (TPSA) is 40.6 Å². The number of nitrogens with zero attached hydrogens (tertiary/aromatic N) is 2. The van der Waals surface area contributed by atoms with Gasteiger partial charge in [-0.25, -0.2) is 0 Å². The number of carbonyl (C=O) groups is 2. The molecule has 0 aromatic heterocycles. The quantitative estimate of drug-likeness (QED) is 0.384. The number of benzene rings is 2. The Morgan fingerprint density at radius 1 is 0.824 bits per heavy atom. The minimum absolute atomic E-state index is 0.0254. The first-order valence-electron chi connectivity index (χ1n) is 13.0. The fraction of sp³-hybridized carbons (Fsp3) is 0.467. The average Bonchev–Trinajstić information content (AvgIpc) is 3.19. The Hall–Kier alpha value is -2.88. The highest BCUT2D eigenvalue weighted by Gasteiger charge is 2.31. The summed E-state index contributed by atoms with van der Waals surface area (Å²) in [6, 6.07) is 17.8. The van der Waals surface area contributed by atoms with Gasteiger partial charge < -0.3 is 9.80 Å². The molecule has 1 aliphatic heterocycles. The normalized spacial score (nSPS) is 19.0. The molecule has 2 amide bonds. The molecular formula is C30H40N2O2. The van der Waals surface area contributed by atoms with E-state index in [4.69, 9.17) is 0 Å². The van der Waals surface area contributed by atoms with Gasteiger partial charge in [0.2, 0.25) is 0 Å². The highest BCUT2D eigenvalue weighted by molar-refractivity contribution is 6.18. The minimum Gasteiger partial charge on any atom is -0.335 e. The van der Waals surface area contributed by atoms with Gasteiger partial charge in [-0.2, -0.15) is 0 Å². The van der Waals surface area contributed by atoms with E-state index in [0.29, 0.717) is 36.7 Å². The van der Waals surface area contributed by atoms with Crippen LogP contribution < -0.4 is 0 Å². The Balaban J connectivity index is 0.00000158. The number of hydrogen-bond donors (Lipinski definition) is 0. The molecular weight excluding hydrogens is 420 g/mol. The van der Waals surface area contributed by atoms with Crippen molar-refractivity contribution in [3.8, 4) is 0 Å². The molecule has 182 valence electrons. The summed E-state index contributed by atoms with van der Waals surface area (Å²) >= 11 is 0. The Bertz CT molecular complexity index is 944. The number of hydrogen-bond acceptors (Lipinski definition) is 2. The molecule has 4 rings (SSSR count). The summed E-state index contributed by atoms with van der Waals surface area (Å²) in [6.45, 7) is 11.7. The molecule has 2 aromatic rings. The predicted molar refractivity (Wildman–Crippen MR) is 141 cm³/mol. The van der Waals surface area contributed by atoms with Gasteiger partial charge in [0.25, 0.3) is 11.8 Å². The third-order valence-corrected chi connectivity index (χ3v) is 7.04. The van der Waals surface area contributed by atoms with Crippen LogP contribution in [-0.2, 0) is 4.79 Å². The van der Waals surface area contributed by atoms with Gasteiger partial charge in [-0.05, 0) is 48.9 Å². The summed E-state index contributed by atoms with van der Waals surface area (Å²) < 4.78 is 0. The maximum absolute atomic E-state index is 13.2. The maximum Gasteiger partial charge on any atom is 0.254 e. The van der Waals surface area contributed by atoms with Crippen LogP contribution in [0.2, 0.25) is 0 Å². The molecule has 0 N–H and O–H groups in total. The van der Waals surface area contributed by atoms with Crippen LogP contribution in [0, 0.1) is 0 Å². The van der Waals surface area contributed by atoms with Crippen molar-refractivity contribution in [2.75, 3.05) is 19.6 Å². The van der Waals surface area contributed by atoms with Gasteiger partial charge in [0.1, 0.15) is 0 Å². The van der Waals surface area contributed by atoms with E-state index in [0.717, 1.165) is 5.56 Å². The van der Waals surface area contributed by atoms with E-state index >= 15 is 0 Å². The first-order valence-corrected chi connectivity index (χ1v) is 13.0. The molecule has 4 heteroatoms. The number of piperazine rings is 1. The van der Waals surface area contributed by atoms with Crippen molar-refractivity contribution in [1.29, 1.82) is 0 Å². The van der Waals surface area contributed by atoms with Gasteiger partial charge in [0.05, 0.1) is 0 Å². The largest absolute Gasteiger partial charge is 0.335 e. The fourth-order valence-electron chi connectivity index (χ4n) is 5.07. The van der Waals surface area contributed by atoms with Crippen LogP contribution in [0.1, 0.15) is 86.7 Å². The third-order valence-electron chi connectivity index (χ3n) is 7.04. The molecule has 2 fully saturated rings. The minimum atomic E-state index is -0.0501. The van der Waals surface area contributed by atoms with Crippen LogP contribution >= 0.6 is 0 Å². The van der Waals surface area contributed by atoms with Crippen molar-refractivity contribution in [3.63, 3.8) is 0 Å². The molecule has 1 saturated carbocycles. The second kappa shape index (κ2) is 12.5. The zero-order valence-electron chi connectivity index (χ0n) is 21.1. The van der Waals surface area contributed by atoms with Gasteiger partial charge in [-0.15, -0.1) is 0 Å². The number of amides is 2. The zero-order valence-corrected chi connectivity index (χ0v) is 21.1. The summed E-state index contributed by atoms with van der Waals surface area (Å²) in [6.07, 6.45) is 7.86. The van der Waals surface area contributed by atoms with Gasteiger partial charge in [-0.1, -0.05) is 88.6 Å². The molecule has 1 aliphatic carbocycles. The molecule has 0 bridgehead atoms. The van der Waals surface area contributed by atoms with E-state index in [9.17, 15) is 9.59 Å². The molecule has 2 aromatic carbocycles. The summed E-state index contributed by atoms with van der Waals surface area (Å²) in [5.74, 6) is 0.634. The van der Waals surface area contributed by atoms with E-state index in [1.165, 1.54) is 44.1 Å². The molecule has 0 spiro atoms. The average molecular weight is 461 g/mol. The van der Waals surface area contributed by atoms with Crippen LogP contribution in [0.25, 0.3) is 5.57 Å². The van der Waals surface area contributed by atoms with E-state index in [1.54, 1.807) is 0 Å². The number of carbonyl (C=O) groups excluding carboxylic acids is 2. The first-order chi connectivity index (χ1) is 16.5. The van der Waals surface area contributed by atoms with Crippen molar-refractivity contribution in [2.45, 2.75) is 71.3 Å². The van der Waals surface area contributed by atoms with Crippen molar-refractivity contribution in [3.05, 3.63) is 77.9 Å². The smallest absolute Gasteiger partial charge is 0.254 e. The Labute approximate surface area is 205 Å². The molecule has 0 radical (unpaired) electrons. The highest BCUT2D eigenvalue weighted by Crippen LogP contribution is 2.32. The standard InChI is InChI=1S/C28H34N2O2.C2H6/c1-21-20-29(28(32)26-12-8-5-9-13-26)18-19-30(21)27(31)22(2)23-14-16-25(17-15-23)24-10-6-3-4-7-11-24;1-2/h5,8-9,12-17,21,24H,2-4,6-7,10-11,18-20H2,1H3;1-2H3/t21-;/m1./s1. The second-order valence-electron chi connectivity index (χ2n) is 9.25. The highest BCUT2D eigenvalue weighted by atomic mass is 16.2. The lowest BCUT2D eigenvalue weighted by molar-refractivity contribution is -0.128. The lowest BCUT2D eigenvalue weighted by Crippen LogP contribution is -2.55. The monoisotopic (exact) mass is 460 g/mol. The Morgan fingerprint density at radius 3 is 2.03 bits per heavy atom. The SMILES string of the molecule is C=C(C(=O)N1CCN(C(=O)c2ccccc2)C[C@H]1C)c1ccc(C2CCCCCC2)cc1.CC. The zero-order chi connectivity index (χ0) is 24.5. The van der Waals surface area contributed by atoms with E-state index < -0.39 is 0 Å². The summed E-state index contributed by atoms with van der Waals surface area (Å²) in [4.78, 5) is 29.7. The summed E-state index contributed by atoms with van der Waals surface area (Å²) in [5, 5.41) is 0. The van der Waals surface area contributed by atoms with E-state index in [-0.39, 0.29) is 17.9 Å². The molecule has 4 nitrogen and oxygen atoms in total. The lowest BCUT2D eigenvalue weighted by Gasteiger charge is -2.40. The van der Waals surface area contributed by atoms with Crippen molar-refractivity contribution in [1.82, 2.24) is 9.80 Å². The van der Waals surface area contributed by atoms with Crippen LogP contribution in [0.15, 0.2) is 61.2 Å². The van der Waals surface area contributed by atoms with Crippen LogP contribution in [0.4, 0.5) is 0 Å². The first kappa shape index (κ1) is 25.7. The van der Waals surface area contributed by atoms with Gasteiger partial charge >= 0.3 is 0 Å². The van der Waals surface area contributed by atoms with Gasteiger partial charge in [0.15, 0.2) is 0 Å². The summed E-state index contributed by atoms with van der Waals surface area (Å²) in [7, 11) is 0. The van der Waals surface area contributed by atoms with Gasteiger partial charge in [0, 0.05) is 36.8 Å². The Kier molecular flexibility index (Phi) is 9.50. The van der Waals surface area contributed by atoms with Gasteiger partial charge in [-0.3, -0.25) is 9.59 Å². The summed E-state index contributed by atoms with van der Waals surface area (Å²) in [5.41, 5.74) is 3.50. The van der Waals surface area contributed by atoms with Crippen LogP contribution in [0.3, 0.4) is 0 Å².